The summed E-state index contributed by atoms with van der Waals surface area (Å²) >= 11 is 3.26. The Morgan fingerprint density at radius 3 is 3.00 bits per heavy atom. The SMILES string of the molecule is COCC(CCO)Nc1cc(Br)ncn1. The van der Waals surface area contributed by atoms with E-state index in [4.69, 9.17) is 9.84 Å². The van der Waals surface area contributed by atoms with Crippen molar-refractivity contribution in [2.75, 3.05) is 25.6 Å². The zero-order chi connectivity index (χ0) is 11.1. The number of aromatic nitrogens is 2. The van der Waals surface area contributed by atoms with Gasteiger partial charge >= 0.3 is 0 Å². The molecule has 0 aliphatic carbocycles. The lowest BCUT2D eigenvalue weighted by atomic mass is 10.2. The summed E-state index contributed by atoms with van der Waals surface area (Å²) in [7, 11) is 1.63. The molecule has 0 amide bonds. The molecular formula is C9H14BrN3O2. The van der Waals surface area contributed by atoms with Gasteiger partial charge in [-0.15, -0.1) is 0 Å². The van der Waals surface area contributed by atoms with E-state index in [0.29, 0.717) is 18.8 Å². The van der Waals surface area contributed by atoms with Gasteiger partial charge in [-0.3, -0.25) is 0 Å². The lowest BCUT2D eigenvalue weighted by Gasteiger charge is -2.17. The Bertz CT molecular complexity index is 292. The number of hydrogen-bond donors (Lipinski definition) is 2. The fraction of sp³-hybridized carbons (Fsp3) is 0.556. The Hall–Kier alpha value is -0.720. The standard InChI is InChI=1S/C9H14BrN3O2/c1-15-5-7(2-3-14)13-9-4-8(10)11-6-12-9/h4,6-7,14H,2-3,5H2,1H3,(H,11,12,13). The zero-order valence-corrected chi connectivity index (χ0v) is 10.1. The van der Waals surface area contributed by atoms with Gasteiger partial charge in [-0.25, -0.2) is 9.97 Å². The van der Waals surface area contributed by atoms with Gasteiger partial charge in [-0.05, 0) is 22.4 Å². The van der Waals surface area contributed by atoms with Crippen LogP contribution in [-0.2, 0) is 4.74 Å². The molecule has 1 aromatic rings. The highest BCUT2D eigenvalue weighted by atomic mass is 79.9. The lowest BCUT2D eigenvalue weighted by molar-refractivity contribution is 0.170. The monoisotopic (exact) mass is 275 g/mol. The first-order valence-corrected chi connectivity index (χ1v) is 5.39. The number of ether oxygens (including phenoxy) is 1. The number of nitrogens with zero attached hydrogens (tertiary/aromatic N) is 2. The molecule has 1 rings (SSSR count). The highest BCUT2D eigenvalue weighted by Crippen LogP contribution is 2.11. The first-order valence-electron chi connectivity index (χ1n) is 4.60. The molecule has 2 N–H and O–H groups in total. The minimum Gasteiger partial charge on any atom is -0.396 e. The number of halogens is 1. The van der Waals surface area contributed by atoms with Gasteiger partial charge in [0, 0.05) is 19.8 Å². The van der Waals surface area contributed by atoms with E-state index in [9.17, 15) is 0 Å². The van der Waals surface area contributed by atoms with E-state index in [-0.39, 0.29) is 12.6 Å². The van der Waals surface area contributed by atoms with Gasteiger partial charge in [0.25, 0.3) is 0 Å². The van der Waals surface area contributed by atoms with Crippen LogP contribution in [0.2, 0.25) is 0 Å². The van der Waals surface area contributed by atoms with Gasteiger partial charge in [0.1, 0.15) is 16.7 Å². The van der Waals surface area contributed by atoms with E-state index in [1.807, 2.05) is 0 Å². The fourth-order valence-electron chi connectivity index (χ4n) is 1.18. The minimum atomic E-state index is 0.0572. The molecule has 5 nitrogen and oxygen atoms in total. The molecule has 84 valence electrons. The average Bonchev–Trinajstić information content (AvgIpc) is 2.18. The van der Waals surface area contributed by atoms with E-state index >= 15 is 0 Å². The highest BCUT2D eigenvalue weighted by molar-refractivity contribution is 9.10. The normalized spacial score (nSPS) is 12.5. The number of rotatable bonds is 6. The molecule has 0 aliphatic heterocycles. The minimum absolute atomic E-state index is 0.0572. The molecule has 15 heavy (non-hydrogen) atoms. The zero-order valence-electron chi connectivity index (χ0n) is 8.48. The van der Waals surface area contributed by atoms with Crippen molar-refractivity contribution in [2.45, 2.75) is 12.5 Å². The van der Waals surface area contributed by atoms with Gasteiger partial charge in [0.15, 0.2) is 0 Å². The Balaban J connectivity index is 2.56. The maximum atomic E-state index is 8.86. The molecule has 1 heterocycles. The Kier molecular flexibility index (Phi) is 5.52. The Labute approximate surface area is 97.0 Å². The van der Waals surface area contributed by atoms with E-state index in [1.54, 1.807) is 13.2 Å². The predicted octanol–water partition coefficient (Wildman–Crippen LogP) is 1.05. The summed E-state index contributed by atoms with van der Waals surface area (Å²) in [5.41, 5.74) is 0. The van der Waals surface area contributed by atoms with E-state index < -0.39 is 0 Å². The predicted molar refractivity (Wildman–Crippen MR) is 60.7 cm³/mol. The summed E-state index contributed by atoms with van der Waals surface area (Å²) in [6.45, 7) is 0.648. The number of hydrogen-bond acceptors (Lipinski definition) is 5. The highest BCUT2D eigenvalue weighted by Gasteiger charge is 2.08. The molecule has 1 aromatic heterocycles. The first-order chi connectivity index (χ1) is 7.26. The molecule has 0 spiro atoms. The van der Waals surface area contributed by atoms with Crippen LogP contribution in [0.3, 0.4) is 0 Å². The van der Waals surface area contributed by atoms with Crippen LogP contribution in [0.5, 0.6) is 0 Å². The third kappa shape index (κ3) is 4.55. The third-order valence-electron chi connectivity index (χ3n) is 1.83. The fourth-order valence-corrected chi connectivity index (χ4v) is 1.48. The summed E-state index contributed by atoms with van der Waals surface area (Å²) in [4.78, 5) is 7.98. The number of aliphatic hydroxyl groups excluding tert-OH is 1. The first kappa shape index (κ1) is 12.4. The van der Waals surface area contributed by atoms with Crippen molar-refractivity contribution < 1.29 is 9.84 Å². The van der Waals surface area contributed by atoms with Crippen molar-refractivity contribution in [1.82, 2.24) is 9.97 Å². The summed E-state index contributed by atoms with van der Waals surface area (Å²) in [5.74, 6) is 0.715. The number of nitrogens with one attached hydrogen (secondary N) is 1. The molecule has 1 atom stereocenters. The largest absolute Gasteiger partial charge is 0.396 e. The molecule has 0 saturated heterocycles. The second-order valence-corrected chi connectivity index (χ2v) is 3.85. The van der Waals surface area contributed by atoms with Crippen molar-refractivity contribution in [3.05, 3.63) is 17.0 Å². The summed E-state index contributed by atoms with van der Waals surface area (Å²) in [6.07, 6.45) is 2.09. The van der Waals surface area contributed by atoms with Crippen LogP contribution in [0.25, 0.3) is 0 Å². The summed E-state index contributed by atoms with van der Waals surface area (Å²) < 4.78 is 5.75. The maximum Gasteiger partial charge on any atom is 0.130 e. The third-order valence-corrected chi connectivity index (χ3v) is 2.26. The van der Waals surface area contributed by atoms with Gasteiger partial charge in [-0.1, -0.05) is 0 Å². The topological polar surface area (TPSA) is 67.3 Å². The van der Waals surface area contributed by atoms with Crippen LogP contribution in [0.4, 0.5) is 5.82 Å². The summed E-state index contributed by atoms with van der Waals surface area (Å²) in [6, 6.07) is 1.84. The van der Waals surface area contributed by atoms with Crippen LogP contribution in [0, 0.1) is 0 Å². The second-order valence-electron chi connectivity index (χ2n) is 3.03. The molecule has 1 unspecified atom stereocenters. The van der Waals surface area contributed by atoms with Crippen LogP contribution >= 0.6 is 15.9 Å². The van der Waals surface area contributed by atoms with Gasteiger partial charge in [0.2, 0.25) is 0 Å². The molecular weight excluding hydrogens is 262 g/mol. The Morgan fingerprint density at radius 2 is 2.40 bits per heavy atom. The quantitative estimate of drug-likeness (QED) is 0.760. The molecule has 6 heteroatoms. The van der Waals surface area contributed by atoms with E-state index in [0.717, 1.165) is 4.60 Å². The second kappa shape index (κ2) is 6.71. The van der Waals surface area contributed by atoms with Crippen LogP contribution < -0.4 is 5.32 Å². The number of anilines is 1. The van der Waals surface area contributed by atoms with Crippen molar-refractivity contribution in [1.29, 1.82) is 0 Å². The summed E-state index contributed by atoms with van der Waals surface area (Å²) in [5, 5.41) is 12.0. The van der Waals surface area contributed by atoms with Crippen LogP contribution in [0.1, 0.15) is 6.42 Å². The van der Waals surface area contributed by atoms with Crippen molar-refractivity contribution in [3.8, 4) is 0 Å². The molecule has 0 aromatic carbocycles. The molecule has 0 radical (unpaired) electrons. The molecule has 0 saturated carbocycles. The molecule has 0 fully saturated rings. The smallest absolute Gasteiger partial charge is 0.130 e. The average molecular weight is 276 g/mol. The van der Waals surface area contributed by atoms with Crippen LogP contribution in [-0.4, -0.2) is 41.4 Å². The van der Waals surface area contributed by atoms with Crippen molar-refractivity contribution in [2.24, 2.45) is 0 Å². The molecule has 0 aliphatic rings. The van der Waals surface area contributed by atoms with Gasteiger partial charge in [0.05, 0.1) is 12.6 Å². The number of aliphatic hydroxyl groups is 1. The van der Waals surface area contributed by atoms with Gasteiger partial charge in [-0.2, -0.15) is 0 Å². The van der Waals surface area contributed by atoms with Crippen LogP contribution in [0.15, 0.2) is 17.0 Å². The number of methoxy groups -OCH3 is 1. The Morgan fingerprint density at radius 1 is 1.60 bits per heavy atom. The van der Waals surface area contributed by atoms with E-state index in [1.165, 1.54) is 6.33 Å². The lowest BCUT2D eigenvalue weighted by Crippen LogP contribution is -2.26. The van der Waals surface area contributed by atoms with Gasteiger partial charge < -0.3 is 15.2 Å². The van der Waals surface area contributed by atoms with Crippen molar-refractivity contribution in [3.63, 3.8) is 0 Å². The van der Waals surface area contributed by atoms with Crippen molar-refractivity contribution >= 4 is 21.7 Å². The molecule has 0 bridgehead atoms. The van der Waals surface area contributed by atoms with E-state index in [2.05, 4.69) is 31.2 Å². The maximum absolute atomic E-state index is 8.86.